The van der Waals surface area contributed by atoms with E-state index >= 15 is 0 Å². The number of fused-ring (bicyclic) bond motifs is 1. The highest BCUT2D eigenvalue weighted by Crippen LogP contribution is 2.38. The third kappa shape index (κ3) is 2.37. The predicted octanol–water partition coefficient (Wildman–Crippen LogP) is 2.87. The fourth-order valence-electron chi connectivity index (χ4n) is 2.12. The summed E-state index contributed by atoms with van der Waals surface area (Å²) in [5, 5.41) is 4.06. The smallest absolute Gasteiger partial charge is 0.0110 e. The number of benzene rings is 1. The molecule has 1 aromatic rings. The van der Waals surface area contributed by atoms with Crippen LogP contribution in [-0.2, 0) is 12.8 Å². The van der Waals surface area contributed by atoms with Gasteiger partial charge in [0.1, 0.15) is 0 Å². The molecule has 0 amide bonds. The van der Waals surface area contributed by atoms with Crippen LogP contribution >= 0.6 is 11.8 Å². The summed E-state index contributed by atoms with van der Waals surface area (Å²) < 4.78 is 0. The molecule has 2 unspecified atom stereocenters. The molecular formula is C13H19NS. The highest BCUT2D eigenvalue weighted by Gasteiger charge is 2.21. The lowest BCUT2D eigenvalue weighted by atomic mass is 9.98. The van der Waals surface area contributed by atoms with Crippen LogP contribution in [0.25, 0.3) is 0 Å². The first kappa shape index (κ1) is 11.0. The van der Waals surface area contributed by atoms with Gasteiger partial charge < -0.3 is 5.32 Å². The van der Waals surface area contributed by atoms with Gasteiger partial charge >= 0.3 is 0 Å². The van der Waals surface area contributed by atoms with Crippen molar-refractivity contribution < 1.29 is 0 Å². The summed E-state index contributed by atoms with van der Waals surface area (Å²) >= 11 is 2.02. The molecule has 2 heteroatoms. The summed E-state index contributed by atoms with van der Waals surface area (Å²) in [6.07, 6.45) is 2.39. The molecule has 0 saturated carbocycles. The summed E-state index contributed by atoms with van der Waals surface area (Å²) in [4.78, 5) is 1.50. The molecule has 0 spiro atoms. The minimum Gasteiger partial charge on any atom is -0.317 e. The van der Waals surface area contributed by atoms with Crippen molar-refractivity contribution >= 4 is 11.8 Å². The SMILES string of the molecule is CNC(C)Cc1cccc2c1CC(C)S2. The second-order valence-corrected chi connectivity index (χ2v) is 5.90. The Bertz CT molecular complexity index is 348. The van der Waals surface area contributed by atoms with Gasteiger partial charge in [0.25, 0.3) is 0 Å². The average molecular weight is 221 g/mol. The largest absolute Gasteiger partial charge is 0.317 e. The van der Waals surface area contributed by atoms with Crippen LogP contribution in [0.4, 0.5) is 0 Å². The Morgan fingerprint density at radius 1 is 1.53 bits per heavy atom. The molecule has 1 heterocycles. The van der Waals surface area contributed by atoms with Gasteiger partial charge in [0, 0.05) is 16.2 Å². The Balaban J connectivity index is 2.23. The molecule has 1 N–H and O–H groups in total. The molecular weight excluding hydrogens is 202 g/mol. The van der Waals surface area contributed by atoms with E-state index in [0.717, 1.165) is 11.7 Å². The first-order chi connectivity index (χ1) is 7.20. The molecule has 1 aromatic carbocycles. The zero-order chi connectivity index (χ0) is 10.8. The van der Waals surface area contributed by atoms with Crippen LogP contribution in [0.3, 0.4) is 0 Å². The molecule has 2 rings (SSSR count). The molecule has 1 aliphatic heterocycles. The maximum absolute atomic E-state index is 3.31. The number of thioether (sulfide) groups is 1. The fraction of sp³-hybridized carbons (Fsp3) is 0.538. The van der Waals surface area contributed by atoms with Gasteiger partial charge in [-0.15, -0.1) is 11.8 Å². The highest BCUT2D eigenvalue weighted by molar-refractivity contribution is 8.00. The Morgan fingerprint density at radius 2 is 2.33 bits per heavy atom. The van der Waals surface area contributed by atoms with Crippen molar-refractivity contribution in [2.75, 3.05) is 7.05 Å². The van der Waals surface area contributed by atoms with Gasteiger partial charge in [0.2, 0.25) is 0 Å². The molecule has 15 heavy (non-hydrogen) atoms. The first-order valence-electron chi connectivity index (χ1n) is 5.65. The molecule has 82 valence electrons. The summed E-state index contributed by atoms with van der Waals surface area (Å²) in [5.41, 5.74) is 3.13. The van der Waals surface area contributed by atoms with Crippen molar-refractivity contribution in [1.82, 2.24) is 5.32 Å². The van der Waals surface area contributed by atoms with Crippen molar-refractivity contribution in [2.45, 2.75) is 42.9 Å². The maximum Gasteiger partial charge on any atom is 0.0110 e. The Labute approximate surface area is 96.7 Å². The van der Waals surface area contributed by atoms with E-state index in [-0.39, 0.29) is 0 Å². The summed E-state index contributed by atoms with van der Waals surface area (Å²) in [6.45, 7) is 4.56. The van der Waals surface area contributed by atoms with Gasteiger partial charge in [0.05, 0.1) is 0 Å². The molecule has 0 radical (unpaired) electrons. The Kier molecular flexibility index (Phi) is 3.37. The van der Waals surface area contributed by atoms with Gasteiger partial charge in [-0.1, -0.05) is 19.1 Å². The fourth-order valence-corrected chi connectivity index (χ4v) is 3.32. The third-order valence-electron chi connectivity index (χ3n) is 3.07. The van der Waals surface area contributed by atoms with Gasteiger partial charge in [-0.25, -0.2) is 0 Å². The maximum atomic E-state index is 3.31. The summed E-state index contributed by atoms with van der Waals surface area (Å²) in [6, 6.07) is 7.31. The van der Waals surface area contributed by atoms with Crippen molar-refractivity contribution in [3.05, 3.63) is 29.3 Å². The van der Waals surface area contributed by atoms with Gasteiger partial charge in [-0.05, 0) is 44.0 Å². The zero-order valence-corrected chi connectivity index (χ0v) is 10.5. The Morgan fingerprint density at radius 3 is 3.07 bits per heavy atom. The van der Waals surface area contributed by atoms with Crippen molar-refractivity contribution in [2.24, 2.45) is 0 Å². The predicted molar refractivity (Wildman–Crippen MR) is 67.7 cm³/mol. The summed E-state index contributed by atoms with van der Waals surface area (Å²) in [7, 11) is 2.03. The van der Waals surface area contributed by atoms with Crippen LogP contribution in [0.15, 0.2) is 23.1 Å². The average Bonchev–Trinajstić information content (AvgIpc) is 2.59. The number of rotatable bonds is 3. The van der Waals surface area contributed by atoms with E-state index in [2.05, 4.69) is 37.4 Å². The lowest BCUT2D eigenvalue weighted by Gasteiger charge is -2.13. The van der Waals surface area contributed by atoms with Crippen LogP contribution in [0.1, 0.15) is 25.0 Å². The minimum absolute atomic E-state index is 0.567. The normalized spacial score (nSPS) is 21.4. The van der Waals surface area contributed by atoms with E-state index in [1.807, 2.05) is 18.8 Å². The van der Waals surface area contributed by atoms with Gasteiger partial charge in [-0.2, -0.15) is 0 Å². The molecule has 0 saturated heterocycles. The highest BCUT2D eigenvalue weighted by atomic mass is 32.2. The van der Waals surface area contributed by atoms with Crippen molar-refractivity contribution in [3.8, 4) is 0 Å². The zero-order valence-electron chi connectivity index (χ0n) is 9.71. The van der Waals surface area contributed by atoms with Crippen LogP contribution in [0.5, 0.6) is 0 Å². The molecule has 0 bridgehead atoms. The van der Waals surface area contributed by atoms with E-state index in [1.165, 1.54) is 16.9 Å². The molecule has 0 aliphatic carbocycles. The van der Waals surface area contributed by atoms with E-state index in [0.29, 0.717) is 6.04 Å². The van der Waals surface area contributed by atoms with Crippen molar-refractivity contribution in [1.29, 1.82) is 0 Å². The second-order valence-electron chi connectivity index (χ2n) is 4.42. The first-order valence-corrected chi connectivity index (χ1v) is 6.53. The van der Waals surface area contributed by atoms with Gasteiger partial charge in [-0.3, -0.25) is 0 Å². The molecule has 0 fully saturated rings. The van der Waals surface area contributed by atoms with E-state index in [1.54, 1.807) is 5.56 Å². The van der Waals surface area contributed by atoms with E-state index in [9.17, 15) is 0 Å². The number of hydrogen-bond donors (Lipinski definition) is 1. The Hall–Kier alpha value is -0.470. The summed E-state index contributed by atoms with van der Waals surface area (Å²) in [5.74, 6) is 0. The second kappa shape index (κ2) is 4.58. The van der Waals surface area contributed by atoms with Crippen LogP contribution in [-0.4, -0.2) is 18.3 Å². The number of nitrogens with one attached hydrogen (secondary N) is 1. The van der Waals surface area contributed by atoms with E-state index in [4.69, 9.17) is 0 Å². The van der Waals surface area contributed by atoms with Crippen molar-refractivity contribution in [3.63, 3.8) is 0 Å². The lowest BCUT2D eigenvalue weighted by Crippen LogP contribution is -2.24. The minimum atomic E-state index is 0.567. The lowest BCUT2D eigenvalue weighted by molar-refractivity contribution is 0.605. The monoisotopic (exact) mass is 221 g/mol. The molecule has 0 aromatic heterocycles. The molecule has 2 atom stereocenters. The van der Waals surface area contributed by atoms with Crippen LogP contribution in [0, 0.1) is 0 Å². The standard InChI is InChI=1S/C13H19NS/c1-9(14-3)7-11-5-4-6-13-12(11)8-10(2)15-13/h4-6,9-10,14H,7-8H2,1-3H3. The molecule has 1 nitrogen and oxygen atoms in total. The van der Waals surface area contributed by atoms with E-state index < -0.39 is 0 Å². The van der Waals surface area contributed by atoms with Gasteiger partial charge in [0.15, 0.2) is 0 Å². The third-order valence-corrected chi connectivity index (χ3v) is 4.27. The molecule has 1 aliphatic rings. The topological polar surface area (TPSA) is 12.0 Å². The van der Waals surface area contributed by atoms with Crippen LogP contribution < -0.4 is 5.32 Å². The number of hydrogen-bond acceptors (Lipinski definition) is 2. The van der Waals surface area contributed by atoms with Crippen LogP contribution in [0.2, 0.25) is 0 Å². The number of likely N-dealkylation sites (N-methyl/N-ethyl adjacent to an activating group) is 1. The quantitative estimate of drug-likeness (QED) is 0.842.